The van der Waals surface area contributed by atoms with Gasteiger partial charge >= 0.3 is 0 Å². The summed E-state index contributed by atoms with van der Waals surface area (Å²) in [5, 5.41) is 12.5. The molecule has 0 N–H and O–H groups in total. The van der Waals surface area contributed by atoms with Crippen LogP contribution in [0.4, 0.5) is 28.4 Å². The Morgan fingerprint density at radius 3 is 1.57 bits per heavy atom. The first-order valence-electron chi connectivity index (χ1n) is 18.8. The normalized spacial score (nSPS) is 12.2. The average molecular weight is 751 g/mol. The molecule has 0 radical (unpaired) electrons. The topological polar surface area (TPSA) is 6.48 Å². The molecule has 0 unspecified atom stereocenters. The summed E-state index contributed by atoms with van der Waals surface area (Å²) in [7, 11) is 0. The minimum atomic E-state index is 0.965. The van der Waals surface area contributed by atoms with Crippen LogP contribution in [0.3, 0.4) is 0 Å². The number of hydrogen-bond donors (Lipinski definition) is 0. The number of fused-ring (bicyclic) bond motifs is 6. The summed E-state index contributed by atoms with van der Waals surface area (Å²) in [6, 6.07) is 60.0. The molecule has 0 amide bonds. The first kappa shape index (κ1) is 32.7. The predicted octanol–water partition coefficient (Wildman–Crippen LogP) is 16.2. The van der Waals surface area contributed by atoms with Crippen molar-refractivity contribution in [2.24, 2.45) is 0 Å². The summed E-state index contributed by atoms with van der Waals surface area (Å²) in [5.41, 5.74) is 6.65. The molecule has 0 atom stereocenters. The Balaban J connectivity index is 1.19. The van der Waals surface area contributed by atoms with Gasteiger partial charge in [-0.15, -0.1) is 22.7 Å². The molecule has 0 spiro atoms. The second-order valence-corrected chi connectivity index (χ2v) is 16.2. The molecular weight excluding hydrogens is 717 g/mol. The maximum Gasteiger partial charge on any atom is 0.0640 e. The first-order chi connectivity index (χ1) is 27.7. The molecule has 0 aliphatic carbocycles. The van der Waals surface area contributed by atoms with E-state index in [-0.39, 0.29) is 0 Å². The molecule has 11 aromatic rings. The predicted molar refractivity (Wildman–Crippen MR) is 248 cm³/mol. The maximum atomic E-state index is 4.30. The largest absolute Gasteiger partial charge is 0.308 e. The third-order valence-electron chi connectivity index (χ3n) is 11.1. The molecule has 0 bridgehead atoms. The Kier molecular flexibility index (Phi) is 7.56. The lowest BCUT2D eigenvalue weighted by molar-refractivity contribution is 1.24. The van der Waals surface area contributed by atoms with Gasteiger partial charge in [0.25, 0.3) is 0 Å². The fourth-order valence-corrected chi connectivity index (χ4v) is 11.1. The van der Waals surface area contributed by atoms with Crippen molar-refractivity contribution in [1.29, 1.82) is 0 Å². The molecule has 4 heteroatoms. The summed E-state index contributed by atoms with van der Waals surface area (Å²) in [6.07, 6.45) is 5.85. The standard InChI is InChI=1S/C52H34N2S2/c1-3-14-35(4-2)53(45-21-12-19-39-37-17-8-10-23-47(37)55-51(39)45)43-31-27-33-26-30-42-44(32-28-34-25-29-41(43)49(33)50(34)42)54(36-15-6-5-7-16-36)46-22-13-20-40-38-18-9-11-24-48(38)56-52(40)46/h3-32H,1-2H2/b35-14+. The molecule has 2 heterocycles. The van der Waals surface area contributed by atoms with Crippen LogP contribution < -0.4 is 9.80 Å². The lowest BCUT2D eigenvalue weighted by Gasteiger charge is -2.30. The third kappa shape index (κ3) is 4.86. The number of anilines is 5. The van der Waals surface area contributed by atoms with Crippen LogP contribution in [0.5, 0.6) is 0 Å². The van der Waals surface area contributed by atoms with Crippen LogP contribution in [0, 0.1) is 0 Å². The zero-order valence-electron chi connectivity index (χ0n) is 30.4. The van der Waals surface area contributed by atoms with Gasteiger partial charge in [0.1, 0.15) is 0 Å². The van der Waals surface area contributed by atoms with Crippen molar-refractivity contribution in [2.45, 2.75) is 0 Å². The molecule has 0 saturated heterocycles. The van der Waals surface area contributed by atoms with Crippen molar-refractivity contribution in [3.05, 3.63) is 201 Å². The van der Waals surface area contributed by atoms with Crippen LogP contribution in [0.1, 0.15) is 0 Å². The highest BCUT2D eigenvalue weighted by atomic mass is 32.1. The van der Waals surface area contributed by atoms with Crippen molar-refractivity contribution in [1.82, 2.24) is 0 Å². The Labute approximate surface area is 332 Å². The fourth-order valence-electron chi connectivity index (χ4n) is 8.72. The van der Waals surface area contributed by atoms with E-state index < -0.39 is 0 Å². The van der Waals surface area contributed by atoms with Crippen LogP contribution in [-0.2, 0) is 0 Å². The van der Waals surface area contributed by atoms with Gasteiger partial charge < -0.3 is 9.80 Å². The first-order valence-corrected chi connectivity index (χ1v) is 20.5. The second kappa shape index (κ2) is 13.0. The highest BCUT2D eigenvalue weighted by molar-refractivity contribution is 7.26. The van der Waals surface area contributed by atoms with Crippen molar-refractivity contribution >= 4 is 124 Å². The highest BCUT2D eigenvalue weighted by Crippen LogP contribution is 2.50. The zero-order chi connectivity index (χ0) is 37.3. The van der Waals surface area contributed by atoms with E-state index >= 15 is 0 Å². The Morgan fingerprint density at radius 2 is 0.946 bits per heavy atom. The number of benzene rings is 9. The molecule has 0 fully saturated rings. The van der Waals surface area contributed by atoms with Crippen molar-refractivity contribution in [2.75, 3.05) is 9.80 Å². The summed E-state index contributed by atoms with van der Waals surface area (Å²) in [4.78, 5) is 4.83. The summed E-state index contributed by atoms with van der Waals surface area (Å²) in [5.74, 6) is 0. The average Bonchev–Trinajstić information content (AvgIpc) is 3.83. The highest BCUT2D eigenvalue weighted by Gasteiger charge is 2.24. The van der Waals surface area contributed by atoms with Crippen LogP contribution in [0.25, 0.3) is 72.7 Å². The van der Waals surface area contributed by atoms with Crippen LogP contribution in [0.2, 0.25) is 0 Å². The number of nitrogens with zero attached hydrogens (tertiary/aromatic N) is 2. The molecule has 0 aliphatic rings. The minimum Gasteiger partial charge on any atom is -0.308 e. The Hall–Kier alpha value is -6.72. The van der Waals surface area contributed by atoms with E-state index in [1.54, 1.807) is 0 Å². The molecule has 56 heavy (non-hydrogen) atoms. The molecule has 11 rings (SSSR count). The Bertz CT molecular complexity index is 3370. The van der Waals surface area contributed by atoms with E-state index in [1.807, 2.05) is 34.8 Å². The zero-order valence-corrected chi connectivity index (χ0v) is 32.1. The molecule has 2 nitrogen and oxygen atoms in total. The molecule has 264 valence electrons. The van der Waals surface area contributed by atoms with Gasteiger partial charge in [0.2, 0.25) is 0 Å². The quantitative estimate of drug-likeness (QED) is 0.113. The van der Waals surface area contributed by atoms with Gasteiger partial charge in [-0.2, -0.15) is 0 Å². The molecule has 0 aliphatic heterocycles. The molecule has 0 saturated carbocycles. The van der Waals surface area contributed by atoms with E-state index in [2.05, 4.69) is 193 Å². The second-order valence-electron chi connectivity index (χ2n) is 14.1. The smallest absolute Gasteiger partial charge is 0.0640 e. The van der Waals surface area contributed by atoms with E-state index in [9.17, 15) is 0 Å². The van der Waals surface area contributed by atoms with Crippen molar-refractivity contribution < 1.29 is 0 Å². The lowest BCUT2D eigenvalue weighted by atomic mass is 9.91. The summed E-state index contributed by atoms with van der Waals surface area (Å²) in [6.45, 7) is 8.40. The van der Waals surface area contributed by atoms with Crippen LogP contribution >= 0.6 is 22.7 Å². The lowest BCUT2D eigenvalue weighted by Crippen LogP contribution is -2.15. The van der Waals surface area contributed by atoms with E-state index in [4.69, 9.17) is 0 Å². The minimum absolute atomic E-state index is 0.965. The third-order valence-corrected chi connectivity index (χ3v) is 13.5. The number of thiophene rings is 2. The molecular formula is C52H34N2S2. The van der Waals surface area contributed by atoms with Gasteiger partial charge in [0.15, 0.2) is 0 Å². The van der Waals surface area contributed by atoms with Crippen LogP contribution in [0.15, 0.2) is 201 Å². The van der Waals surface area contributed by atoms with Gasteiger partial charge in [0, 0.05) is 53.1 Å². The van der Waals surface area contributed by atoms with E-state index in [0.717, 1.165) is 28.4 Å². The van der Waals surface area contributed by atoms with Gasteiger partial charge in [-0.1, -0.05) is 134 Å². The fraction of sp³-hybridized carbons (Fsp3) is 0. The van der Waals surface area contributed by atoms with Gasteiger partial charge in [-0.25, -0.2) is 0 Å². The van der Waals surface area contributed by atoms with Gasteiger partial charge in [0.05, 0.1) is 32.1 Å². The number of rotatable bonds is 8. The maximum absolute atomic E-state index is 4.30. The SMILES string of the molecule is C=C/C=C(\C=C)N(c1ccc2ccc3c(N(c4ccccc4)c4cccc5c4sc4ccccc45)ccc4ccc1c2c43)c1cccc2c1sc1ccccc12. The van der Waals surface area contributed by atoms with Crippen molar-refractivity contribution in [3.63, 3.8) is 0 Å². The monoisotopic (exact) mass is 750 g/mol. The van der Waals surface area contributed by atoms with E-state index in [0.29, 0.717) is 0 Å². The van der Waals surface area contributed by atoms with Gasteiger partial charge in [-0.3, -0.25) is 0 Å². The van der Waals surface area contributed by atoms with Crippen molar-refractivity contribution in [3.8, 4) is 0 Å². The van der Waals surface area contributed by atoms with E-state index in [1.165, 1.54) is 78.3 Å². The molecule has 2 aromatic heterocycles. The van der Waals surface area contributed by atoms with Crippen LogP contribution in [-0.4, -0.2) is 0 Å². The summed E-state index contributed by atoms with van der Waals surface area (Å²) < 4.78 is 5.10. The summed E-state index contributed by atoms with van der Waals surface area (Å²) >= 11 is 3.71. The molecule has 9 aromatic carbocycles. The number of allylic oxidation sites excluding steroid dienone is 3. The number of para-hydroxylation sites is 1. The van der Waals surface area contributed by atoms with Gasteiger partial charge in [-0.05, 0) is 82.2 Å². The number of hydrogen-bond acceptors (Lipinski definition) is 4. The Morgan fingerprint density at radius 1 is 0.429 bits per heavy atom.